The Labute approximate surface area is 107 Å². The minimum Gasteiger partial charge on any atom is -0.245 e. The van der Waals surface area contributed by atoms with Crippen LogP contribution in [-0.2, 0) is 5.41 Å². The summed E-state index contributed by atoms with van der Waals surface area (Å²) in [6.45, 7) is 4.52. The number of nitrogens with zero attached hydrogens (tertiary/aromatic N) is 1. The first-order chi connectivity index (χ1) is 8.18. The van der Waals surface area contributed by atoms with Crippen LogP contribution in [0.1, 0.15) is 48.9 Å². The monoisotopic (exact) mass is 243 g/mol. The van der Waals surface area contributed by atoms with Crippen LogP contribution in [0.4, 0.5) is 0 Å². The Hall–Kier alpha value is -1.15. The third kappa shape index (κ3) is 2.02. The van der Waals surface area contributed by atoms with Crippen LogP contribution in [0.2, 0.25) is 0 Å². The molecule has 2 aromatic rings. The van der Waals surface area contributed by atoms with Gasteiger partial charge < -0.3 is 0 Å². The third-order valence-electron chi connectivity index (χ3n) is 3.55. The zero-order chi connectivity index (χ0) is 11.9. The Balaban J connectivity index is 1.95. The van der Waals surface area contributed by atoms with E-state index in [1.807, 2.05) is 11.3 Å². The summed E-state index contributed by atoms with van der Waals surface area (Å²) in [7, 11) is 0. The van der Waals surface area contributed by atoms with Crippen LogP contribution in [0.15, 0.2) is 35.7 Å². The highest BCUT2D eigenvalue weighted by molar-refractivity contribution is 7.09. The number of rotatable bonds is 3. The lowest BCUT2D eigenvalue weighted by Gasteiger charge is -2.22. The van der Waals surface area contributed by atoms with Gasteiger partial charge in [-0.25, -0.2) is 4.98 Å². The summed E-state index contributed by atoms with van der Waals surface area (Å²) < 4.78 is 0. The van der Waals surface area contributed by atoms with Gasteiger partial charge in [-0.3, -0.25) is 0 Å². The van der Waals surface area contributed by atoms with Crippen LogP contribution >= 0.6 is 11.3 Å². The number of benzene rings is 1. The van der Waals surface area contributed by atoms with Crippen LogP contribution in [-0.4, -0.2) is 4.98 Å². The van der Waals surface area contributed by atoms with E-state index in [-0.39, 0.29) is 5.41 Å². The molecular formula is C15H17NS. The van der Waals surface area contributed by atoms with Crippen LogP contribution in [0, 0.1) is 0 Å². The highest BCUT2D eigenvalue weighted by Crippen LogP contribution is 2.42. The Morgan fingerprint density at radius 2 is 1.88 bits per heavy atom. The summed E-state index contributed by atoms with van der Waals surface area (Å²) >= 11 is 1.81. The van der Waals surface area contributed by atoms with Gasteiger partial charge >= 0.3 is 0 Å². The molecule has 0 radical (unpaired) electrons. The minimum atomic E-state index is 0.0269. The average molecular weight is 243 g/mol. The van der Waals surface area contributed by atoms with Crippen molar-refractivity contribution in [2.75, 3.05) is 0 Å². The maximum Gasteiger partial charge on any atom is 0.103 e. The van der Waals surface area contributed by atoms with Gasteiger partial charge in [0.15, 0.2) is 0 Å². The van der Waals surface area contributed by atoms with E-state index in [1.54, 1.807) is 0 Å². The van der Waals surface area contributed by atoms with Crippen molar-refractivity contribution in [1.29, 1.82) is 0 Å². The van der Waals surface area contributed by atoms with Gasteiger partial charge in [-0.05, 0) is 32.3 Å². The lowest BCUT2D eigenvalue weighted by atomic mass is 9.85. The molecule has 0 N–H and O–H groups in total. The lowest BCUT2D eigenvalue weighted by Crippen LogP contribution is -2.18. The molecule has 1 fully saturated rings. The molecule has 0 unspecified atom stereocenters. The second-order valence-corrected chi connectivity index (χ2v) is 6.20. The maximum absolute atomic E-state index is 4.84. The van der Waals surface area contributed by atoms with Crippen LogP contribution < -0.4 is 0 Å². The van der Waals surface area contributed by atoms with Crippen molar-refractivity contribution in [1.82, 2.24) is 4.98 Å². The summed E-state index contributed by atoms with van der Waals surface area (Å²) in [4.78, 5) is 4.84. The molecule has 0 atom stereocenters. The summed E-state index contributed by atoms with van der Waals surface area (Å²) in [6, 6.07) is 10.7. The van der Waals surface area contributed by atoms with E-state index in [0.717, 1.165) is 5.92 Å². The highest BCUT2D eigenvalue weighted by Gasteiger charge is 2.30. The first-order valence-corrected chi connectivity index (χ1v) is 7.07. The van der Waals surface area contributed by atoms with Gasteiger partial charge in [-0.1, -0.05) is 30.3 Å². The molecule has 0 saturated heterocycles. The molecule has 2 heteroatoms. The molecule has 0 aliphatic heterocycles. The van der Waals surface area contributed by atoms with E-state index in [9.17, 15) is 0 Å². The maximum atomic E-state index is 4.84. The fourth-order valence-electron chi connectivity index (χ4n) is 2.12. The molecule has 1 nitrogen and oxygen atoms in total. The van der Waals surface area contributed by atoms with Gasteiger partial charge in [0.1, 0.15) is 5.01 Å². The topological polar surface area (TPSA) is 12.9 Å². The minimum absolute atomic E-state index is 0.0269. The molecule has 1 aromatic carbocycles. The van der Waals surface area contributed by atoms with Crippen molar-refractivity contribution in [2.24, 2.45) is 0 Å². The number of aromatic nitrogens is 1. The van der Waals surface area contributed by atoms with Crippen LogP contribution in [0.25, 0.3) is 0 Å². The fraction of sp³-hybridized carbons (Fsp3) is 0.400. The second kappa shape index (κ2) is 3.95. The Morgan fingerprint density at radius 3 is 2.53 bits per heavy atom. The molecule has 0 spiro atoms. The van der Waals surface area contributed by atoms with Crippen molar-refractivity contribution in [2.45, 2.75) is 38.0 Å². The van der Waals surface area contributed by atoms with Crippen molar-refractivity contribution in [3.05, 3.63) is 52.0 Å². The number of hydrogen-bond acceptors (Lipinski definition) is 2. The zero-order valence-electron chi connectivity index (χ0n) is 10.3. The van der Waals surface area contributed by atoms with E-state index in [1.165, 1.54) is 29.1 Å². The second-order valence-electron chi connectivity index (χ2n) is 5.34. The quantitative estimate of drug-likeness (QED) is 0.781. The highest BCUT2D eigenvalue weighted by atomic mass is 32.1. The van der Waals surface area contributed by atoms with Gasteiger partial charge in [0.25, 0.3) is 0 Å². The summed E-state index contributed by atoms with van der Waals surface area (Å²) in [5, 5.41) is 3.49. The van der Waals surface area contributed by atoms with Gasteiger partial charge in [-0.2, -0.15) is 0 Å². The first kappa shape index (κ1) is 11.0. The van der Waals surface area contributed by atoms with Gasteiger partial charge in [0, 0.05) is 16.7 Å². The van der Waals surface area contributed by atoms with E-state index in [0.29, 0.717) is 0 Å². The lowest BCUT2D eigenvalue weighted by molar-refractivity contribution is 0.632. The molecule has 1 aliphatic rings. The van der Waals surface area contributed by atoms with Gasteiger partial charge in [-0.15, -0.1) is 11.3 Å². The molecule has 0 bridgehead atoms. The summed E-state index contributed by atoms with van der Waals surface area (Å²) in [6.07, 6.45) is 2.66. The smallest absolute Gasteiger partial charge is 0.103 e. The molecule has 1 saturated carbocycles. The predicted molar refractivity (Wildman–Crippen MR) is 72.7 cm³/mol. The van der Waals surface area contributed by atoms with Crippen LogP contribution in [0.3, 0.4) is 0 Å². The van der Waals surface area contributed by atoms with Crippen molar-refractivity contribution >= 4 is 11.3 Å². The summed E-state index contributed by atoms with van der Waals surface area (Å²) in [5.74, 6) is 0.756. The van der Waals surface area contributed by atoms with Crippen molar-refractivity contribution in [3.8, 4) is 0 Å². The zero-order valence-corrected chi connectivity index (χ0v) is 11.1. The number of hydrogen-bond donors (Lipinski definition) is 0. The Morgan fingerprint density at radius 1 is 1.18 bits per heavy atom. The van der Waals surface area contributed by atoms with E-state index in [4.69, 9.17) is 4.98 Å². The van der Waals surface area contributed by atoms with Crippen molar-refractivity contribution in [3.63, 3.8) is 0 Å². The third-order valence-corrected chi connectivity index (χ3v) is 4.73. The molecule has 1 aromatic heterocycles. The average Bonchev–Trinajstić information content (AvgIpc) is 3.08. The Bertz CT molecular complexity index is 509. The molecule has 0 amide bonds. The van der Waals surface area contributed by atoms with Crippen molar-refractivity contribution < 1.29 is 0 Å². The van der Waals surface area contributed by atoms with E-state index in [2.05, 4.69) is 49.6 Å². The summed E-state index contributed by atoms with van der Waals surface area (Å²) in [5.41, 5.74) is 2.68. The van der Waals surface area contributed by atoms with E-state index >= 15 is 0 Å². The standard InChI is InChI=1S/C15H17NS/c1-15(2,12-6-4-3-5-7-12)14-16-13(10-17-14)11-8-9-11/h3-7,10-11H,8-9H2,1-2H3. The normalized spacial score (nSPS) is 16.1. The molecule has 1 heterocycles. The SMILES string of the molecule is CC(C)(c1ccccc1)c1nc(C2CC2)cs1. The van der Waals surface area contributed by atoms with Gasteiger partial charge in [0.05, 0.1) is 5.69 Å². The number of thiazole rings is 1. The molecule has 17 heavy (non-hydrogen) atoms. The molecule has 88 valence electrons. The molecule has 3 rings (SSSR count). The molecular weight excluding hydrogens is 226 g/mol. The predicted octanol–water partition coefficient (Wildman–Crippen LogP) is 4.35. The van der Waals surface area contributed by atoms with Crippen LogP contribution in [0.5, 0.6) is 0 Å². The van der Waals surface area contributed by atoms with Gasteiger partial charge in [0.2, 0.25) is 0 Å². The Kier molecular flexibility index (Phi) is 2.55. The first-order valence-electron chi connectivity index (χ1n) is 6.19. The van der Waals surface area contributed by atoms with E-state index < -0.39 is 0 Å². The fourth-order valence-corrected chi connectivity index (χ4v) is 3.17. The molecule has 1 aliphatic carbocycles. The largest absolute Gasteiger partial charge is 0.245 e.